The van der Waals surface area contributed by atoms with Gasteiger partial charge in [0.15, 0.2) is 0 Å². The molecule has 3 nitrogen and oxygen atoms in total. The van der Waals surface area contributed by atoms with Gasteiger partial charge in [-0.3, -0.25) is 4.79 Å². The molecule has 0 aromatic heterocycles. The Labute approximate surface area is 111 Å². The predicted molar refractivity (Wildman–Crippen MR) is 74.3 cm³/mol. The maximum atomic E-state index is 11.9. The lowest BCUT2D eigenvalue weighted by Crippen LogP contribution is -2.34. The molecule has 0 bridgehead atoms. The van der Waals surface area contributed by atoms with Crippen molar-refractivity contribution in [3.05, 3.63) is 0 Å². The Balaban J connectivity index is 2.15. The van der Waals surface area contributed by atoms with Gasteiger partial charge in [-0.1, -0.05) is 26.2 Å². The fourth-order valence-corrected chi connectivity index (χ4v) is 2.75. The van der Waals surface area contributed by atoms with E-state index in [0.717, 1.165) is 18.8 Å². The SMILES string of the molecule is CCCCC1CCC(C(=O)NCCC(C)O)CC1. The Kier molecular flexibility index (Phi) is 7.33. The molecule has 1 fully saturated rings. The number of hydrogen-bond acceptors (Lipinski definition) is 2. The molecule has 0 radical (unpaired) electrons. The highest BCUT2D eigenvalue weighted by molar-refractivity contribution is 5.78. The number of unbranched alkanes of at least 4 members (excludes halogenated alkanes) is 1. The maximum absolute atomic E-state index is 11.9. The highest BCUT2D eigenvalue weighted by atomic mass is 16.3. The van der Waals surface area contributed by atoms with Crippen molar-refractivity contribution in [2.75, 3.05) is 6.54 Å². The van der Waals surface area contributed by atoms with Crippen LogP contribution >= 0.6 is 0 Å². The molecule has 0 aromatic carbocycles. The summed E-state index contributed by atoms with van der Waals surface area (Å²) in [7, 11) is 0. The second-order valence-corrected chi connectivity index (χ2v) is 5.79. The molecule has 1 aliphatic rings. The standard InChI is InChI=1S/C15H29NO2/c1-3-4-5-13-6-8-14(9-7-13)15(18)16-11-10-12(2)17/h12-14,17H,3-11H2,1-2H3,(H,16,18). The van der Waals surface area contributed by atoms with E-state index in [1.807, 2.05) is 0 Å². The summed E-state index contributed by atoms with van der Waals surface area (Å²) in [6, 6.07) is 0. The number of aliphatic hydroxyl groups excluding tert-OH is 1. The number of carbonyl (C=O) groups excluding carboxylic acids is 1. The van der Waals surface area contributed by atoms with E-state index in [4.69, 9.17) is 5.11 Å². The minimum absolute atomic E-state index is 0.199. The van der Waals surface area contributed by atoms with Crippen molar-refractivity contribution in [3.63, 3.8) is 0 Å². The molecule has 1 atom stereocenters. The molecule has 1 amide bonds. The Morgan fingerprint density at radius 1 is 1.33 bits per heavy atom. The van der Waals surface area contributed by atoms with Crippen molar-refractivity contribution in [1.82, 2.24) is 5.32 Å². The van der Waals surface area contributed by atoms with E-state index in [1.165, 1.54) is 32.1 Å². The third-order valence-electron chi connectivity index (χ3n) is 4.04. The molecule has 0 aliphatic heterocycles. The second kappa shape index (κ2) is 8.52. The van der Waals surface area contributed by atoms with Crippen LogP contribution in [0.5, 0.6) is 0 Å². The van der Waals surface area contributed by atoms with Crippen molar-refractivity contribution in [2.24, 2.45) is 11.8 Å². The van der Waals surface area contributed by atoms with Crippen molar-refractivity contribution < 1.29 is 9.90 Å². The number of aliphatic hydroxyl groups is 1. The van der Waals surface area contributed by atoms with Gasteiger partial charge in [-0.25, -0.2) is 0 Å². The summed E-state index contributed by atoms with van der Waals surface area (Å²) in [6.07, 6.45) is 8.81. The van der Waals surface area contributed by atoms with Gasteiger partial charge in [0.05, 0.1) is 6.10 Å². The van der Waals surface area contributed by atoms with Gasteiger partial charge in [-0.15, -0.1) is 0 Å². The first-order chi connectivity index (χ1) is 8.63. The molecule has 1 saturated carbocycles. The van der Waals surface area contributed by atoms with Gasteiger partial charge in [0, 0.05) is 12.5 Å². The highest BCUT2D eigenvalue weighted by Crippen LogP contribution is 2.31. The number of nitrogens with one attached hydrogen (secondary N) is 1. The van der Waals surface area contributed by atoms with Gasteiger partial charge in [-0.05, 0) is 44.9 Å². The first-order valence-electron chi connectivity index (χ1n) is 7.59. The molecule has 3 heteroatoms. The normalized spacial score (nSPS) is 25.7. The molecular weight excluding hydrogens is 226 g/mol. The quantitative estimate of drug-likeness (QED) is 0.735. The minimum atomic E-state index is -0.324. The van der Waals surface area contributed by atoms with E-state index in [2.05, 4.69) is 12.2 Å². The van der Waals surface area contributed by atoms with Crippen molar-refractivity contribution >= 4 is 5.91 Å². The van der Waals surface area contributed by atoms with Crippen molar-refractivity contribution in [3.8, 4) is 0 Å². The molecule has 0 saturated heterocycles. The Hall–Kier alpha value is -0.570. The zero-order chi connectivity index (χ0) is 13.4. The van der Waals surface area contributed by atoms with E-state index in [9.17, 15) is 4.79 Å². The molecule has 18 heavy (non-hydrogen) atoms. The zero-order valence-electron chi connectivity index (χ0n) is 12.0. The molecule has 0 heterocycles. The van der Waals surface area contributed by atoms with Crippen LogP contribution in [0.15, 0.2) is 0 Å². The van der Waals surface area contributed by atoms with E-state index in [-0.39, 0.29) is 17.9 Å². The summed E-state index contributed by atoms with van der Waals surface area (Å²) in [5.74, 6) is 1.27. The lowest BCUT2D eigenvalue weighted by molar-refractivity contribution is -0.126. The fraction of sp³-hybridized carbons (Fsp3) is 0.933. The molecule has 106 valence electrons. The zero-order valence-corrected chi connectivity index (χ0v) is 12.0. The first-order valence-corrected chi connectivity index (χ1v) is 7.59. The van der Waals surface area contributed by atoms with E-state index in [1.54, 1.807) is 6.92 Å². The van der Waals surface area contributed by atoms with Crippen LogP contribution < -0.4 is 5.32 Å². The molecule has 1 unspecified atom stereocenters. The summed E-state index contributed by atoms with van der Waals surface area (Å²) in [5, 5.41) is 12.1. The lowest BCUT2D eigenvalue weighted by atomic mass is 9.79. The van der Waals surface area contributed by atoms with Gasteiger partial charge < -0.3 is 10.4 Å². The van der Waals surface area contributed by atoms with Crippen molar-refractivity contribution in [2.45, 2.75) is 71.3 Å². The van der Waals surface area contributed by atoms with Crippen LogP contribution in [0.3, 0.4) is 0 Å². The van der Waals surface area contributed by atoms with Gasteiger partial charge in [-0.2, -0.15) is 0 Å². The highest BCUT2D eigenvalue weighted by Gasteiger charge is 2.25. The van der Waals surface area contributed by atoms with Gasteiger partial charge >= 0.3 is 0 Å². The minimum Gasteiger partial charge on any atom is -0.393 e. The Bertz CT molecular complexity index is 233. The predicted octanol–water partition coefficient (Wildman–Crippen LogP) is 2.87. The molecular formula is C15H29NO2. The van der Waals surface area contributed by atoms with Crippen LogP contribution in [0, 0.1) is 11.8 Å². The van der Waals surface area contributed by atoms with Crippen LogP contribution in [0.2, 0.25) is 0 Å². The van der Waals surface area contributed by atoms with Crippen LogP contribution in [-0.2, 0) is 4.79 Å². The number of amides is 1. The van der Waals surface area contributed by atoms with E-state index < -0.39 is 0 Å². The average molecular weight is 255 g/mol. The van der Waals surface area contributed by atoms with Gasteiger partial charge in [0.1, 0.15) is 0 Å². The molecule has 0 aromatic rings. The van der Waals surface area contributed by atoms with Crippen LogP contribution in [-0.4, -0.2) is 23.7 Å². The third-order valence-corrected chi connectivity index (χ3v) is 4.04. The summed E-state index contributed by atoms with van der Waals surface area (Å²) in [6.45, 7) is 4.60. The monoisotopic (exact) mass is 255 g/mol. The lowest BCUT2D eigenvalue weighted by Gasteiger charge is -2.27. The average Bonchev–Trinajstić information content (AvgIpc) is 2.36. The summed E-state index contributed by atoms with van der Waals surface area (Å²) < 4.78 is 0. The Morgan fingerprint density at radius 2 is 2.00 bits per heavy atom. The van der Waals surface area contributed by atoms with Gasteiger partial charge in [0.25, 0.3) is 0 Å². The van der Waals surface area contributed by atoms with Crippen LogP contribution in [0.1, 0.15) is 65.2 Å². The van der Waals surface area contributed by atoms with E-state index in [0.29, 0.717) is 13.0 Å². The maximum Gasteiger partial charge on any atom is 0.223 e. The van der Waals surface area contributed by atoms with Crippen LogP contribution in [0.4, 0.5) is 0 Å². The first kappa shape index (κ1) is 15.5. The molecule has 1 aliphatic carbocycles. The fourth-order valence-electron chi connectivity index (χ4n) is 2.75. The van der Waals surface area contributed by atoms with Crippen LogP contribution in [0.25, 0.3) is 0 Å². The van der Waals surface area contributed by atoms with Gasteiger partial charge in [0.2, 0.25) is 5.91 Å². The second-order valence-electron chi connectivity index (χ2n) is 5.79. The third kappa shape index (κ3) is 5.85. The number of hydrogen-bond donors (Lipinski definition) is 2. The number of rotatable bonds is 7. The topological polar surface area (TPSA) is 49.3 Å². The Morgan fingerprint density at radius 3 is 2.56 bits per heavy atom. The smallest absolute Gasteiger partial charge is 0.223 e. The molecule has 2 N–H and O–H groups in total. The summed E-state index contributed by atoms with van der Waals surface area (Å²) in [4.78, 5) is 11.9. The number of carbonyl (C=O) groups is 1. The molecule has 0 spiro atoms. The van der Waals surface area contributed by atoms with Crippen molar-refractivity contribution in [1.29, 1.82) is 0 Å². The summed E-state index contributed by atoms with van der Waals surface area (Å²) >= 11 is 0. The largest absolute Gasteiger partial charge is 0.393 e. The van der Waals surface area contributed by atoms with E-state index >= 15 is 0 Å². The summed E-state index contributed by atoms with van der Waals surface area (Å²) in [5.41, 5.74) is 0. The molecule has 1 rings (SSSR count).